The van der Waals surface area contributed by atoms with Crippen molar-refractivity contribution in [3.8, 4) is 0 Å². The molecule has 2 heterocycles. The molecule has 7 heteroatoms. The van der Waals surface area contributed by atoms with E-state index < -0.39 is 0 Å². The third kappa shape index (κ3) is 1.83. The van der Waals surface area contributed by atoms with Crippen molar-refractivity contribution in [1.82, 2.24) is 29.9 Å². The van der Waals surface area contributed by atoms with E-state index in [1.165, 1.54) is 11.5 Å². The van der Waals surface area contributed by atoms with E-state index in [0.29, 0.717) is 0 Å². The van der Waals surface area contributed by atoms with Gasteiger partial charge in [0.1, 0.15) is 0 Å². The highest BCUT2D eigenvalue weighted by Crippen LogP contribution is 2.25. The molecule has 0 fully saturated rings. The van der Waals surface area contributed by atoms with Gasteiger partial charge in [0.05, 0.1) is 28.5 Å². The molecule has 0 bridgehead atoms. The fourth-order valence-corrected chi connectivity index (χ4v) is 2.51. The van der Waals surface area contributed by atoms with Crippen LogP contribution in [0.2, 0.25) is 0 Å². The van der Waals surface area contributed by atoms with Crippen LogP contribution in [0.4, 0.5) is 0 Å². The minimum atomic E-state index is 0.0648. The van der Waals surface area contributed by atoms with Gasteiger partial charge in [-0.15, -0.1) is 10.2 Å². The number of rotatable bonds is 4. The molecule has 0 aliphatic carbocycles. The van der Waals surface area contributed by atoms with Gasteiger partial charge >= 0.3 is 0 Å². The molecule has 0 amide bonds. The van der Waals surface area contributed by atoms with Gasteiger partial charge in [-0.2, -0.15) is 0 Å². The van der Waals surface area contributed by atoms with E-state index in [-0.39, 0.29) is 6.04 Å². The lowest BCUT2D eigenvalue weighted by molar-refractivity contribution is 0.600. The van der Waals surface area contributed by atoms with Crippen LogP contribution < -0.4 is 5.32 Å². The van der Waals surface area contributed by atoms with Crippen LogP contribution in [-0.2, 0) is 13.5 Å². The van der Waals surface area contributed by atoms with Gasteiger partial charge in [-0.1, -0.05) is 16.6 Å². The zero-order valence-corrected chi connectivity index (χ0v) is 10.3. The third-order valence-electron chi connectivity index (χ3n) is 2.52. The summed E-state index contributed by atoms with van der Waals surface area (Å²) in [7, 11) is 3.80. The van der Waals surface area contributed by atoms with E-state index in [9.17, 15) is 0 Å². The van der Waals surface area contributed by atoms with Gasteiger partial charge in [0, 0.05) is 7.05 Å². The highest BCUT2D eigenvalue weighted by Gasteiger charge is 2.21. The number of aryl methyl sites for hydroxylation is 2. The second-order valence-electron chi connectivity index (χ2n) is 3.44. The highest BCUT2D eigenvalue weighted by atomic mass is 32.1. The van der Waals surface area contributed by atoms with Crippen LogP contribution in [0, 0.1) is 0 Å². The Morgan fingerprint density at radius 2 is 2.38 bits per heavy atom. The SMILES string of the molecule is CCc1nnsc1C(NC)c1cnnn1C. The predicted molar refractivity (Wildman–Crippen MR) is 61.2 cm³/mol. The molecule has 1 atom stereocenters. The molecule has 2 aromatic rings. The van der Waals surface area contributed by atoms with Crippen molar-refractivity contribution in [2.24, 2.45) is 7.05 Å². The quantitative estimate of drug-likeness (QED) is 0.842. The van der Waals surface area contributed by atoms with Crippen LogP contribution in [-0.4, -0.2) is 31.6 Å². The Bertz CT molecular complexity index is 462. The molecule has 0 aliphatic rings. The van der Waals surface area contributed by atoms with Crippen molar-refractivity contribution in [1.29, 1.82) is 0 Å². The van der Waals surface area contributed by atoms with Crippen LogP contribution in [0.15, 0.2) is 6.20 Å². The lowest BCUT2D eigenvalue weighted by Gasteiger charge is -2.14. The van der Waals surface area contributed by atoms with Crippen molar-refractivity contribution in [2.75, 3.05) is 7.05 Å². The number of hydrogen-bond donors (Lipinski definition) is 1. The van der Waals surface area contributed by atoms with Crippen LogP contribution in [0.3, 0.4) is 0 Å². The van der Waals surface area contributed by atoms with Crippen molar-refractivity contribution in [3.63, 3.8) is 0 Å². The minimum absolute atomic E-state index is 0.0648. The highest BCUT2D eigenvalue weighted by molar-refractivity contribution is 7.05. The predicted octanol–water partition coefficient (Wildman–Crippen LogP) is 0.538. The Morgan fingerprint density at radius 1 is 1.56 bits per heavy atom. The largest absolute Gasteiger partial charge is 0.307 e. The van der Waals surface area contributed by atoms with E-state index in [0.717, 1.165) is 22.7 Å². The van der Waals surface area contributed by atoms with E-state index in [4.69, 9.17) is 0 Å². The smallest absolute Gasteiger partial charge is 0.0891 e. The van der Waals surface area contributed by atoms with Crippen molar-refractivity contribution >= 4 is 11.5 Å². The molecule has 86 valence electrons. The monoisotopic (exact) mass is 238 g/mol. The lowest BCUT2D eigenvalue weighted by atomic mass is 10.1. The summed E-state index contributed by atoms with van der Waals surface area (Å²) in [6.07, 6.45) is 2.65. The first kappa shape index (κ1) is 11.2. The molecule has 0 saturated heterocycles. The maximum atomic E-state index is 4.12. The first-order valence-corrected chi connectivity index (χ1v) is 5.88. The molecule has 0 spiro atoms. The number of nitrogens with one attached hydrogen (secondary N) is 1. The molecule has 0 saturated carbocycles. The second-order valence-corrected chi connectivity index (χ2v) is 4.23. The molecule has 0 aromatic carbocycles. The first-order valence-electron chi connectivity index (χ1n) is 5.10. The summed E-state index contributed by atoms with van der Waals surface area (Å²) in [5, 5.41) is 15.2. The molecule has 1 unspecified atom stereocenters. The summed E-state index contributed by atoms with van der Waals surface area (Å²) in [6, 6.07) is 0.0648. The van der Waals surface area contributed by atoms with Gasteiger partial charge in [-0.05, 0) is 25.0 Å². The zero-order valence-electron chi connectivity index (χ0n) is 9.51. The fraction of sp³-hybridized carbons (Fsp3) is 0.556. The van der Waals surface area contributed by atoms with Crippen LogP contribution in [0.25, 0.3) is 0 Å². The summed E-state index contributed by atoms with van der Waals surface area (Å²) >= 11 is 1.42. The number of hydrogen-bond acceptors (Lipinski definition) is 6. The van der Waals surface area contributed by atoms with Gasteiger partial charge in [0.2, 0.25) is 0 Å². The molecule has 2 rings (SSSR count). The summed E-state index contributed by atoms with van der Waals surface area (Å²) in [4.78, 5) is 1.13. The van der Waals surface area contributed by atoms with Crippen molar-refractivity contribution in [2.45, 2.75) is 19.4 Å². The topological polar surface area (TPSA) is 68.5 Å². The molecule has 0 aliphatic heterocycles. The average molecular weight is 238 g/mol. The standard InChI is InChI=1S/C9H14N6S/c1-4-6-9(16-14-12-6)8(10-2)7-5-11-13-15(7)3/h5,8,10H,4H2,1-3H3. The van der Waals surface area contributed by atoms with Crippen LogP contribution in [0.1, 0.15) is 29.2 Å². The molecule has 1 N–H and O–H groups in total. The average Bonchev–Trinajstić information content (AvgIpc) is 2.90. The Morgan fingerprint density at radius 3 is 2.94 bits per heavy atom. The van der Waals surface area contributed by atoms with Crippen LogP contribution in [0.5, 0.6) is 0 Å². The van der Waals surface area contributed by atoms with Gasteiger partial charge in [-0.3, -0.25) is 4.68 Å². The first-order chi connectivity index (χ1) is 7.77. The second kappa shape index (κ2) is 4.67. The van der Waals surface area contributed by atoms with E-state index in [1.54, 1.807) is 10.9 Å². The van der Waals surface area contributed by atoms with E-state index >= 15 is 0 Å². The molecular weight excluding hydrogens is 224 g/mol. The Hall–Kier alpha value is -1.34. The summed E-state index contributed by atoms with van der Waals surface area (Å²) in [5.41, 5.74) is 2.05. The molecule has 0 radical (unpaired) electrons. The van der Waals surface area contributed by atoms with Crippen LogP contribution >= 0.6 is 11.5 Å². The summed E-state index contributed by atoms with van der Waals surface area (Å²) in [5.74, 6) is 0. The normalized spacial score (nSPS) is 12.9. The summed E-state index contributed by atoms with van der Waals surface area (Å²) < 4.78 is 5.77. The number of aromatic nitrogens is 5. The third-order valence-corrected chi connectivity index (χ3v) is 3.35. The van der Waals surface area contributed by atoms with E-state index in [2.05, 4.69) is 32.1 Å². The zero-order chi connectivity index (χ0) is 11.5. The van der Waals surface area contributed by atoms with Crippen molar-refractivity contribution < 1.29 is 0 Å². The fourth-order valence-electron chi connectivity index (χ4n) is 1.65. The minimum Gasteiger partial charge on any atom is -0.307 e. The lowest BCUT2D eigenvalue weighted by Crippen LogP contribution is -2.20. The van der Waals surface area contributed by atoms with Gasteiger partial charge in [-0.25, -0.2) is 0 Å². The maximum Gasteiger partial charge on any atom is 0.0891 e. The van der Waals surface area contributed by atoms with Gasteiger partial charge in [0.15, 0.2) is 0 Å². The molecule has 6 nitrogen and oxygen atoms in total. The molecule has 16 heavy (non-hydrogen) atoms. The number of nitrogens with zero attached hydrogens (tertiary/aromatic N) is 5. The molecule has 2 aromatic heterocycles. The van der Waals surface area contributed by atoms with E-state index in [1.807, 2.05) is 14.1 Å². The van der Waals surface area contributed by atoms with Gasteiger partial charge in [0.25, 0.3) is 0 Å². The van der Waals surface area contributed by atoms with Crippen molar-refractivity contribution in [3.05, 3.63) is 22.5 Å². The summed E-state index contributed by atoms with van der Waals surface area (Å²) in [6.45, 7) is 2.08. The van der Waals surface area contributed by atoms with Gasteiger partial charge < -0.3 is 5.32 Å². The Balaban J connectivity index is 2.40. The Labute approximate surface area is 97.8 Å². The maximum absolute atomic E-state index is 4.12. The molecular formula is C9H14N6S. The Kier molecular flexibility index (Phi) is 3.25.